The van der Waals surface area contributed by atoms with Crippen molar-refractivity contribution in [3.05, 3.63) is 71.6 Å². The highest BCUT2D eigenvalue weighted by Gasteiger charge is 2.17. The van der Waals surface area contributed by atoms with Crippen molar-refractivity contribution in [3.8, 4) is 11.5 Å². The second kappa shape index (κ2) is 6.35. The summed E-state index contributed by atoms with van der Waals surface area (Å²) in [6, 6.07) is 11.6. The third kappa shape index (κ3) is 3.39. The Morgan fingerprint density at radius 3 is 2.52 bits per heavy atom. The molecule has 23 heavy (non-hydrogen) atoms. The molecule has 116 valence electrons. The topological polar surface area (TPSA) is 68.0 Å². The van der Waals surface area contributed by atoms with Crippen LogP contribution in [-0.2, 0) is 6.54 Å². The zero-order chi connectivity index (χ0) is 16.2. The highest BCUT2D eigenvalue weighted by molar-refractivity contribution is 5.89. The lowest BCUT2D eigenvalue weighted by Gasteiger charge is -2.02. The minimum Gasteiger partial charge on any atom is -0.412 e. The molecule has 1 aromatic heterocycles. The number of hydrogen-bond donors (Lipinski definition) is 1. The van der Waals surface area contributed by atoms with E-state index < -0.39 is 11.7 Å². The van der Waals surface area contributed by atoms with Crippen LogP contribution in [0.15, 0.2) is 52.9 Å². The van der Waals surface area contributed by atoms with E-state index in [4.69, 9.17) is 4.42 Å². The number of amides is 1. The van der Waals surface area contributed by atoms with Gasteiger partial charge in [-0.25, -0.2) is 8.78 Å². The van der Waals surface area contributed by atoms with Gasteiger partial charge < -0.3 is 9.73 Å². The SMILES string of the molecule is O=C(NCc1ccc(F)cc1)c1nnc(-c2ccccc2F)o1. The number of carbonyl (C=O) groups is 1. The molecule has 0 spiro atoms. The molecule has 7 heteroatoms. The Kier molecular flexibility index (Phi) is 4.09. The Morgan fingerprint density at radius 1 is 1.04 bits per heavy atom. The van der Waals surface area contributed by atoms with E-state index in [1.807, 2.05) is 0 Å². The Hall–Kier alpha value is -3.09. The number of nitrogens with zero attached hydrogens (tertiary/aromatic N) is 2. The van der Waals surface area contributed by atoms with Gasteiger partial charge >= 0.3 is 11.8 Å². The van der Waals surface area contributed by atoms with E-state index in [0.29, 0.717) is 5.56 Å². The van der Waals surface area contributed by atoms with Crippen LogP contribution in [0.5, 0.6) is 0 Å². The number of carbonyl (C=O) groups excluding carboxylic acids is 1. The van der Waals surface area contributed by atoms with Crippen molar-refractivity contribution in [1.82, 2.24) is 15.5 Å². The van der Waals surface area contributed by atoms with Crippen LogP contribution in [0, 0.1) is 11.6 Å². The van der Waals surface area contributed by atoms with Gasteiger partial charge in [-0.05, 0) is 29.8 Å². The standard InChI is InChI=1S/C16H11F2N3O2/c17-11-7-5-10(6-8-11)9-19-14(22)16-21-20-15(23-16)12-3-1-2-4-13(12)18/h1-8H,9H2,(H,19,22). The summed E-state index contributed by atoms with van der Waals surface area (Å²) in [4.78, 5) is 11.9. The Bertz CT molecular complexity index is 831. The van der Waals surface area contributed by atoms with E-state index >= 15 is 0 Å². The highest BCUT2D eigenvalue weighted by atomic mass is 19.1. The average molecular weight is 315 g/mol. The lowest BCUT2D eigenvalue weighted by atomic mass is 10.2. The van der Waals surface area contributed by atoms with Crippen LogP contribution >= 0.6 is 0 Å². The fraction of sp³-hybridized carbons (Fsp3) is 0.0625. The van der Waals surface area contributed by atoms with Crippen molar-refractivity contribution in [2.24, 2.45) is 0 Å². The molecule has 1 heterocycles. The molecule has 0 saturated carbocycles. The first kappa shape index (κ1) is 14.8. The smallest absolute Gasteiger partial charge is 0.309 e. The van der Waals surface area contributed by atoms with Crippen LogP contribution in [0.3, 0.4) is 0 Å². The molecule has 0 aliphatic carbocycles. The molecule has 0 bridgehead atoms. The Balaban J connectivity index is 1.69. The van der Waals surface area contributed by atoms with Crippen LogP contribution in [-0.4, -0.2) is 16.1 Å². The molecule has 3 aromatic rings. The fourth-order valence-corrected chi connectivity index (χ4v) is 1.92. The quantitative estimate of drug-likeness (QED) is 0.804. The van der Waals surface area contributed by atoms with Crippen LogP contribution < -0.4 is 5.32 Å². The predicted molar refractivity (Wildman–Crippen MR) is 77.3 cm³/mol. The Morgan fingerprint density at radius 2 is 1.78 bits per heavy atom. The van der Waals surface area contributed by atoms with Gasteiger partial charge in [0, 0.05) is 6.54 Å². The van der Waals surface area contributed by atoms with Crippen molar-refractivity contribution in [1.29, 1.82) is 0 Å². The normalized spacial score (nSPS) is 10.5. The molecule has 0 saturated heterocycles. The van der Waals surface area contributed by atoms with Gasteiger partial charge in [0.2, 0.25) is 0 Å². The predicted octanol–water partition coefficient (Wildman–Crippen LogP) is 2.94. The van der Waals surface area contributed by atoms with E-state index in [9.17, 15) is 13.6 Å². The fourth-order valence-electron chi connectivity index (χ4n) is 1.92. The molecule has 3 rings (SSSR count). The number of rotatable bonds is 4. The third-order valence-corrected chi connectivity index (χ3v) is 3.09. The lowest BCUT2D eigenvalue weighted by Crippen LogP contribution is -2.23. The van der Waals surface area contributed by atoms with Crippen molar-refractivity contribution in [3.63, 3.8) is 0 Å². The molecule has 0 aliphatic heterocycles. The minimum absolute atomic E-state index is 0.0740. The lowest BCUT2D eigenvalue weighted by molar-refractivity contribution is 0.0916. The summed E-state index contributed by atoms with van der Waals surface area (Å²) in [6.45, 7) is 0.177. The number of nitrogens with one attached hydrogen (secondary N) is 1. The van der Waals surface area contributed by atoms with Gasteiger partial charge in [0.05, 0.1) is 5.56 Å². The summed E-state index contributed by atoms with van der Waals surface area (Å²) < 4.78 is 31.6. The van der Waals surface area contributed by atoms with Crippen LogP contribution in [0.4, 0.5) is 8.78 Å². The summed E-state index contributed by atoms with van der Waals surface area (Å²) >= 11 is 0. The number of benzene rings is 2. The molecule has 0 atom stereocenters. The van der Waals surface area contributed by atoms with E-state index in [1.165, 1.54) is 30.3 Å². The molecule has 0 fully saturated rings. The van der Waals surface area contributed by atoms with E-state index in [2.05, 4.69) is 15.5 Å². The van der Waals surface area contributed by atoms with E-state index in [0.717, 1.165) is 0 Å². The summed E-state index contributed by atoms with van der Waals surface area (Å²) in [5.41, 5.74) is 0.839. The second-order valence-electron chi connectivity index (χ2n) is 4.70. The van der Waals surface area contributed by atoms with Crippen LogP contribution in [0.1, 0.15) is 16.2 Å². The maximum absolute atomic E-state index is 13.6. The average Bonchev–Trinajstić information content (AvgIpc) is 3.04. The zero-order valence-corrected chi connectivity index (χ0v) is 11.8. The largest absolute Gasteiger partial charge is 0.412 e. The molecular weight excluding hydrogens is 304 g/mol. The van der Waals surface area contributed by atoms with Gasteiger partial charge in [-0.3, -0.25) is 4.79 Å². The highest BCUT2D eigenvalue weighted by Crippen LogP contribution is 2.20. The van der Waals surface area contributed by atoms with Gasteiger partial charge in [-0.15, -0.1) is 10.2 Å². The Labute approximate surface area is 130 Å². The van der Waals surface area contributed by atoms with Crippen molar-refractivity contribution < 1.29 is 18.0 Å². The molecule has 1 N–H and O–H groups in total. The number of hydrogen-bond acceptors (Lipinski definition) is 4. The van der Waals surface area contributed by atoms with E-state index in [-0.39, 0.29) is 29.7 Å². The maximum Gasteiger partial charge on any atom is 0.309 e. The molecule has 0 radical (unpaired) electrons. The van der Waals surface area contributed by atoms with Crippen LogP contribution in [0.2, 0.25) is 0 Å². The molecule has 2 aromatic carbocycles. The van der Waals surface area contributed by atoms with Gasteiger partial charge in [0.1, 0.15) is 11.6 Å². The first-order valence-corrected chi connectivity index (χ1v) is 6.74. The first-order valence-electron chi connectivity index (χ1n) is 6.74. The van der Waals surface area contributed by atoms with Crippen molar-refractivity contribution >= 4 is 5.91 Å². The molecule has 0 unspecified atom stereocenters. The minimum atomic E-state index is -0.593. The monoisotopic (exact) mass is 315 g/mol. The summed E-state index contributed by atoms with van der Waals surface area (Å²) in [7, 11) is 0. The van der Waals surface area contributed by atoms with Crippen molar-refractivity contribution in [2.75, 3.05) is 0 Å². The molecule has 1 amide bonds. The molecular formula is C16H11F2N3O2. The third-order valence-electron chi connectivity index (χ3n) is 3.09. The number of halogens is 2. The molecule has 0 aliphatic rings. The summed E-state index contributed by atoms with van der Waals surface area (Å²) in [5, 5.41) is 9.84. The zero-order valence-electron chi connectivity index (χ0n) is 11.8. The van der Waals surface area contributed by atoms with Crippen molar-refractivity contribution in [2.45, 2.75) is 6.54 Å². The second-order valence-corrected chi connectivity index (χ2v) is 4.70. The van der Waals surface area contributed by atoms with Crippen LogP contribution in [0.25, 0.3) is 11.5 Å². The summed E-state index contributed by atoms with van der Waals surface area (Å²) in [6.07, 6.45) is 0. The molecule has 5 nitrogen and oxygen atoms in total. The van der Waals surface area contributed by atoms with Gasteiger partial charge in [0.25, 0.3) is 5.89 Å². The summed E-state index contributed by atoms with van der Waals surface area (Å²) in [5.74, 6) is -1.81. The van der Waals surface area contributed by atoms with Gasteiger partial charge in [-0.2, -0.15) is 0 Å². The van der Waals surface area contributed by atoms with E-state index in [1.54, 1.807) is 18.2 Å². The van der Waals surface area contributed by atoms with Gasteiger partial charge in [-0.1, -0.05) is 24.3 Å². The first-order chi connectivity index (χ1) is 11.1. The number of aromatic nitrogens is 2. The maximum atomic E-state index is 13.6. The van der Waals surface area contributed by atoms with Gasteiger partial charge in [0.15, 0.2) is 0 Å².